The molecular formula is C12H11N3O. The highest BCUT2D eigenvalue weighted by Gasteiger charge is 1.93. The predicted molar refractivity (Wildman–Crippen MR) is 62.5 cm³/mol. The average molecular weight is 213 g/mol. The lowest BCUT2D eigenvalue weighted by molar-refractivity contribution is 0.464. The fraction of sp³-hybridized carbons (Fsp3) is 0. The maximum Gasteiger partial charge on any atom is 0.223 e. The Hall–Kier alpha value is -2.36. The first-order valence-electron chi connectivity index (χ1n) is 4.81. The SMILES string of the molecule is Nc1nccc(OC=Cc2ccccc2)n1. The molecule has 1 aromatic carbocycles. The third-order valence-corrected chi connectivity index (χ3v) is 1.90. The van der Waals surface area contributed by atoms with Crippen molar-refractivity contribution in [2.24, 2.45) is 0 Å². The first kappa shape index (κ1) is 10.2. The van der Waals surface area contributed by atoms with Crippen LogP contribution in [0.2, 0.25) is 0 Å². The van der Waals surface area contributed by atoms with Crippen molar-refractivity contribution in [2.45, 2.75) is 0 Å². The summed E-state index contributed by atoms with van der Waals surface area (Å²) in [5.74, 6) is 0.630. The molecule has 0 atom stereocenters. The van der Waals surface area contributed by atoms with Gasteiger partial charge in [-0.15, -0.1) is 0 Å². The van der Waals surface area contributed by atoms with E-state index in [1.807, 2.05) is 36.4 Å². The second-order valence-corrected chi connectivity index (χ2v) is 3.08. The van der Waals surface area contributed by atoms with Crippen molar-refractivity contribution in [3.05, 3.63) is 54.4 Å². The summed E-state index contributed by atoms with van der Waals surface area (Å²) in [4.78, 5) is 7.67. The van der Waals surface area contributed by atoms with E-state index in [0.717, 1.165) is 5.56 Å². The summed E-state index contributed by atoms with van der Waals surface area (Å²) in [6.07, 6.45) is 4.96. The van der Waals surface area contributed by atoms with Gasteiger partial charge in [-0.05, 0) is 11.6 Å². The van der Waals surface area contributed by atoms with Gasteiger partial charge in [-0.2, -0.15) is 4.98 Å². The van der Waals surface area contributed by atoms with Crippen LogP contribution in [0.25, 0.3) is 6.08 Å². The summed E-state index contributed by atoms with van der Waals surface area (Å²) in [7, 11) is 0. The molecule has 0 saturated carbocycles. The van der Waals surface area contributed by atoms with Crippen LogP contribution in [0.3, 0.4) is 0 Å². The van der Waals surface area contributed by atoms with Crippen LogP contribution in [-0.4, -0.2) is 9.97 Å². The summed E-state index contributed by atoms with van der Waals surface area (Å²) in [6.45, 7) is 0. The number of ether oxygens (including phenoxy) is 1. The highest BCUT2D eigenvalue weighted by atomic mass is 16.5. The Morgan fingerprint density at radius 3 is 2.69 bits per heavy atom. The fourth-order valence-corrected chi connectivity index (χ4v) is 1.17. The summed E-state index contributed by atoms with van der Waals surface area (Å²) in [5.41, 5.74) is 6.47. The predicted octanol–water partition coefficient (Wildman–Crippen LogP) is 2.11. The standard InChI is InChI=1S/C12H11N3O/c13-12-14-8-6-11(15-12)16-9-7-10-4-2-1-3-5-10/h1-9H,(H2,13,14,15). The van der Waals surface area contributed by atoms with E-state index in [1.54, 1.807) is 18.5 Å². The Kier molecular flexibility index (Phi) is 3.13. The molecule has 1 heterocycles. The average Bonchev–Trinajstić information content (AvgIpc) is 2.30. The minimum Gasteiger partial charge on any atom is -0.447 e. The van der Waals surface area contributed by atoms with E-state index in [-0.39, 0.29) is 5.95 Å². The summed E-state index contributed by atoms with van der Waals surface area (Å²) >= 11 is 0. The van der Waals surface area contributed by atoms with Gasteiger partial charge in [-0.3, -0.25) is 0 Å². The molecular weight excluding hydrogens is 202 g/mol. The second kappa shape index (κ2) is 4.93. The molecule has 2 aromatic rings. The zero-order valence-corrected chi connectivity index (χ0v) is 8.58. The van der Waals surface area contributed by atoms with Crippen LogP contribution in [0.4, 0.5) is 5.95 Å². The van der Waals surface area contributed by atoms with Gasteiger partial charge in [0.25, 0.3) is 0 Å². The molecule has 80 valence electrons. The maximum atomic E-state index is 5.42. The van der Waals surface area contributed by atoms with E-state index in [4.69, 9.17) is 10.5 Å². The van der Waals surface area contributed by atoms with E-state index in [0.29, 0.717) is 5.88 Å². The Bertz CT molecular complexity index is 483. The van der Waals surface area contributed by atoms with Gasteiger partial charge in [0.15, 0.2) is 0 Å². The van der Waals surface area contributed by atoms with Crippen LogP contribution < -0.4 is 10.5 Å². The summed E-state index contributed by atoms with van der Waals surface area (Å²) in [5, 5.41) is 0. The zero-order valence-electron chi connectivity index (χ0n) is 8.58. The molecule has 0 radical (unpaired) electrons. The van der Waals surface area contributed by atoms with Crippen LogP contribution in [0.1, 0.15) is 5.56 Å². The monoisotopic (exact) mass is 213 g/mol. The Labute approximate surface area is 93.4 Å². The minimum atomic E-state index is 0.200. The number of nitrogens with zero attached hydrogens (tertiary/aromatic N) is 2. The molecule has 0 aliphatic rings. The summed E-state index contributed by atoms with van der Waals surface area (Å²) in [6, 6.07) is 11.5. The van der Waals surface area contributed by atoms with Crippen molar-refractivity contribution in [1.29, 1.82) is 0 Å². The van der Waals surface area contributed by atoms with Gasteiger partial charge in [0.2, 0.25) is 11.8 Å². The van der Waals surface area contributed by atoms with Crippen molar-refractivity contribution in [2.75, 3.05) is 5.73 Å². The third kappa shape index (κ3) is 2.81. The Morgan fingerprint density at radius 1 is 1.12 bits per heavy atom. The molecule has 4 nitrogen and oxygen atoms in total. The fourth-order valence-electron chi connectivity index (χ4n) is 1.17. The number of aromatic nitrogens is 2. The molecule has 0 unspecified atom stereocenters. The topological polar surface area (TPSA) is 61.0 Å². The van der Waals surface area contributed by atoms with Gasteiger partial charge in [0, 0.05) is 12.3 Å². The molecule has 0 saturated heterocycles. The van der Waals surface area contributed by atoms with Gasteiger partial charge >= 0.3 is 0 Å². The minimum absolute atomic E-state index is 0.200. The van der Waals surface area contributed by atoms with Crippen LogP contribution in [0, 0.1) is 0 Å². The van der Waals surface area contributed by atoms with E-state index in [1.165, 1.54) is 0 Å². The van der Waals surface area contributed by atoms with Gasteiger partial charge < -0.3 is 10.5 Å². The lowest BCUT2D eigenvalue weighted by atomic mass is 10.2. The molecule has 16 heavy (non-hydrogen) atoms. The highest BCUT2D eigenvalue weighted by Crippen LogP contribution is 2.07. The first-order valence-corrected chi connectivity index (χ1v) is 4.81. The number of benzene rings is 1. The van der Waals surface area contributed by atoms with Gasteiger partial charge in [0.1, 0.15) is 0 Å². The van der Waals surface area contributed by atoms with E-state index in [2.05, 4.69) is 9.97 Å². The molecule has 2 rings (SSSR count). The number of nitrogen functional groups attached to an aromatic ring is 1. The van der Waals surface area contributed by atoms with Crippen molar-refractivity contribution in [3.8, 4) is 5.88 Å². The van der Waals surface area contributed by atoms with Crippen molar-refractivity contribution in [3.63, 3.8) is 0 Å². The number of rotatable bonds is 3. The molecule has 0 bridgehead atoms. The highest BCUT2D eigenvalue weighted by molar-refractivity contribution is 5.47. The lowest BCUT2D eigenvalue weighted by Crippen LogP contribution is -1.95. The van der Waals surface area contributed by atoms with Crippen LogP contribution in [-0.2, 0) is 0 Å². The largest absolute Gasteiger partial charge is 0.447 e. The van der Waals surface area contributed by atoms with Crippen LogP contribution in [0.15, 0.2) is 48.9 Å². The number of hydrogen-bond acceptors (Lipinski definition) is 4. The Balaban J connectivity index is 2.00. The molecule has 4 heteroatoms. The van der Waals surface area contributed by atoms with Crippen LogP contribution in [0.5, 0.6) is 5.88 Å². The van der Waals surface area contributed by atoms with Crippen molar-refractivity contribution >= 4 is 12.0 Å². The van der Waals surface area contributed by atoms with Gasteiger partial charge in [-0.25, -0.2) is 4.98 Å². The van der Waals surface area contributed by atoms with Gasteiger partial charge in [-0.1, -0.05) is 30.3 Å². The lowest BCUT2D eigenvalue weighted by Gasteiger charge is -1.98. The molecule has 0 aliphatic heterocycles. The van der Waals surface area contributed by atoms with Crippen molar-refractivity contribution in [1.82, 2.24) is 9.97 Å². The van der Waals surface area contributed by atoms with E-state index >= 15 is 0 Å². The van der Waals surface area contributed by atoms with Gasteiger partial charge in [0.05, 0.1) is 6.26 Å². The normalized spacial score (nSPS) is 10.5. The molecule has 0 amide bonds. The maximum absolute atomic E-state index is 5.42. The number of nitrogens with two attached hydrogens (primary N) is 1. The van der Waals surface area contributed by atoms with E-state index < -0.39 is 0 Å². The number of anilines is 1. The quantitative estimate of drug-likeness (QED) is 0.793. The summed E-state index contributed by atoms with van der Waals surface area (Å²) < 4.78 is 5.28. The first-order chi connectivity index (χ1) is 7.84. The third-order valence-electron chi connectivity index (χ3n) is 1.90. The van der Waals surface area contributed by atoms with Crippen LogP contribution >= 0.6 is 0 Å². The van der Waals surface area contributed by atoms with Crippen molar-refractivity contribution < 1.29 is 4.74 Å². The molecule has 0 spiro atoms. The molecule has 0 aliphatic carbocycles. The Morgan fingerprint density at radius 2 is 1.94 bits per heavy atom. The molecule has 0 fully saturated rings. The zero-order chi connectivity index (χ0) is 11.2. The smallest absolute Gasteiger partial charge is 0.223 e. The number of hydrogen-bond donors (Lipinski definition) is 1. The molecule has 2 N–H and O–H groups in total. The second-order valence-electron chi connectivity index (χ2n) is 3.08. The van der Waals surface area contributed by atoms with E-state index in [9.17, 15) is 0 Å². The molecule has 1 aromatic heterocycles.